The number of carboxylic acids is 1. The minimum atomic E-state index is -1.03. The van der Waals surface area contributed by atoms with Crippen LogP contribution in [0.2, 0.25) is 0 Å². The van der Waals surface area contributed by atoms with E-state index >= 15 is 0 Å². The molecule has 0 saturated carbocycles. The third kappa shape index (κ3) is 5.44. The van der Waals surface area contributed by atoms with Crippen LogP contribution in [0.5, 0.6) is 5.75 Å². The highest BCUT2D eigenvalue weighted by Crippen LogP contribution is 2.14. The molecule has 6 nitrogen and oxygen atoms in total. The van der Waals surface area contributed by atoms with Gasteiger partial charge in [-0.15, -0.1) is 0 Å². The molecule has 2 aromatic rings. The zero-order chi connectivity index (χ0) is 18.9. The number of hydrazone groups is 1. The van der Waals surface area contributed by atoms with Crippen LogP contribution in [0.25, 0.3) is 0 Å². The van der Waals surface area contributed by atoms with Gasteiger partial charge in [0.15, 0.2) is 6.61 Å². The van der Waals surface area contributed by atoms with Crippen LogP contribution >= 0.6 is 0 Å². The summed E-state index contributed by atoms with van der Waals surface area (Å²) >= 11 is 0. The van der Waals surface area contributed by atoms with Crippen LogP contribution in [-0.2, 0) is 11.2 Å². The second-order valence-corrected chi connectivity index (χ2v) is 5.61. The Balaban J connectivity index is 2.04. The van der Waals surface area contributed by atoms with Gasteiger partial charge in [-0.1, -0.05) is 26.0 Å². The van der Waals surface area contributed by atoms with Gasteiger partial charge >= 0.3 is 5.97 Å². The molecule has 26 heavy (non-hydrogen) atoms. The summed E-state index contributed by atoms with van der Waals surface area (Å²) in [6.07, 6.45) is 1.55. The van der Waals surface area contributed by atoms with E-state index in [1.54, 1.807) is 36.4 Å². The number of aliphatic carboxylic acids is 1. The van der Waals surface area contributed by atoms with Crippen LogP contribution in [0.4, 0.5) is 0 Å². The summed E-state index contributed by atoms with van der Waals surface area (Å²) in [7, 11) is 0. The zero-order valence-electron chi connectivity index (χ0n) is 14.9. The lowest BCUT2D eigenvalue weighted by atomic mass is 10.1. The van der Waals surface area contributed by atoms with E-state index in [1.165, 1.54) is 5.56 Å². The summed E-state index contributed by atoms with van der Waals surface area (Å²) < 4.78 is 5.10. The van der Waals surface area contributed by atoms with Crippen molar-refractivity contribution in [2.75, 3.05) is 6.61 Å². The van der Waals surface area contributed by atoms with Crippen molar-refractivity contribution in [3.63, 3.8) is 0 Å². The van der Waals surface area contributed by atoms with E-state index in [0.29, 0.717) is 23.4 Å². The highest BCUT2D eigenvalue weighted by atomic mass is 16.5. The average molecular weight is 354 g/mol. The summed E-state index contributed by atoms with van der Waals surface area (Å²) in [4.78, 5) is 22.7. The molecular weight excluding hydrogens is 332 g/mol. The van der Waals surface area contributed by atoms with E-state index in [0.717, 1.165) is 12.0 Å². The number of benzene rings is 2. The first kappa shape index (κ1) is 19.2. The second-order valence-electron chi connectivity index (χ2n) is 5.61. The van der Waals surface area contributed by atoms with Crippen LogP contribution in [0.1, 0.15) is 41.8 Å². The molecule has 0 atom stereocenters. The number of aryl methyl sites for hydroxylation is 1. The Morgan fingerprint density at radius 3 is 2.15 bits per heavy atom. The van der Waals surface area contributed by atoms with Gasteiger partial charge in [-0.25, -0.2) is 10.2 Å². The van der Waals surface area contributed by atoms with Crippen molar-refractivity contribution in [3.05, 3.63) is 65.2 Å². The van der Waals surface area contributed by atoms with Gasteiger partial charge in [0.05, 0.1) is 5.71 Å². The van der Waals surface area contributed by atoms with Gasteiger partial charge in [0.1, 0.15) is 5.75 Å². The Hall–Kier alpha value is -3.15. The largest absolute Gasteiger partial charge is 0.482 e. The Morgan fingerprint density at radius 2 is 1.62 bits per heavy atom. The first-order valence-electron chi connectivity index (χ1n) is 8.44. The standard InChI is InChI=1S/C20H22N2O4/c1-3-14-5-7-16(8-6-14)20(25)22-21-18(4-2)15-9-11-17(12-10-15)26-13-19(23)24/h5-12H,3-4,13H2,1-2H3,(H,22,25)(H,23,24)/b21-18-. The van der Waals surface area contributed by atoms with E-state index < -0.39 is 5.97 Å². The summed E-state index contributed by atoms with van der Waals surface area (Å²) in [5, 5.41) is 12.8. The molecule has 2 aromatic carbocycles. The SMILES string of the molecule is CC/C(=N/NC(=O)c1ccc(CC)cc1)c1ccc(OCC(=O)O)cc1. The van der Waals surface area contributed by atoms with E-state index in [1.807, 2.05) is 19.1 Å². The number of rotatable bonds is 8. The molecule has 0 heterocycles. The molecule has 2 rings (SSSR count). The fourth-order valence-corrected chi connectivity index (χ4v) is 2.31. The summed E-state index contributed by atoms with van der Waals surface area (Å²) in [5.41, 5.74) is 5.85. The molecule has 0 aliphatic heterocycles. The molecular formula is C20H22N2O4. The topological polar surface area (TPSA) is 88.0 Å². The Morgan fingerprint density at radius 1 is 1.00 bits per heavy atom. The lowest BCUT2D eigenvalue weighted by Crippen LogP contribution is -2.20. The Labute approximate surface area is 152 Å². The molecule has 0 radical (unpaired) electrons. The lowest BCUT2D eigenvalue weighted by Gasteiger charge is -2.08. The molecule has 2 N–H and O–H groups in total. The quantitative estimate of drug-likeness (QED) is 0.563. The number of hydrogen-bond acceptors (Lipinski definition) is 4. The van der Waals surface area contributed by atoms with Crippen molar-refractivity contribution in [1.82, 2.24) is 5.43 Å². The summed E-state index contributed by atoms with van der Waals surface area (Å²) in [6.45, 7) is 3.61. The van der Waals surface area contributed by atoms with E-state index in [2.05, 4.69) is 17.5 Å². The molecule has 0 bridgehead atoms. The lowest BCUT2D eigenvalue weighted by molar-refractivity contribution is -0.139. The van der Waals surface area contributed by atoms with Crippen molar-refractivity contribution in [1.29, 1.82) is 0 Å². The number of nitrogens with zero attached hydrogens (tertiary/aromatic N) is 1. The third-order valence-electron chi connectivity index (χ3n) is 3.80. The van der Waals surface area contributed by atoms with Gasteiger partial charge in [-0.3, -0.25) is 4.79 Å². The van der Waals surface area contributed by atoms with Crippen LogP contribution in [0, 0.1) is 0 Å². The molecule has 0 fully saturated rings. The molecule has 1 amide bonds. The van der Waals surface area contributed by atoms with Gasteiger partial charge in [-0.2, -0.15) is 5.10 Å². The highest BCUT2D eigenvalue weighted by molar-refractivity contribution is 6.02. The van der Waals surface area contributed by atoms with Crippen molar-refractivity contribution >= 4 is 17.6 Å². The fourth-order valence-electron chi connectivity index (χ4n) is 2.31. The van der Waals surface area contributed by atoms with Gasteiger partial charge < -0.3 is 9.84 Å². The third-order valence-corrected chi connectivity index (χ3v) is 3.80. The van der Waals surface area contributed by atoms with Gasteiger partial charge in [0, 0.05) is 5.56 Å². The molecule has 136 valence electrons. The maximum atomic E-state index is 12.2. The molecule has 0 spiro atoms. The van der Waals surface area contributed by atoms with E-state index in [9.17, 15) is 9.59 Å². The van der Waals surface area contributed by atoms with Crippen molar-refractivity contribution in [2.24, 2.45) is 5.10 Å². The monoisotopic (exact) mass is 354 g/mol. The van der Waals surface area contributed by atoms with Crippen molar-refractivity contribution in [2.45, 2.75) is 26.7 Å². The Bertz CT molecular complexity index is 780. The molecule has 0 unspecified atom stereocenters. The van der Waals surface area contributed by atoms with E-state index in [-0.39, 0.29) is 12.5 Å². The number of amides is 1. The van der Waals surface area contributed by atoms with Crippen LogP contribution in [0.3, 0.4) is 0 Å². The number of nitrogens with one attached hydrogen (secondary N) is 1. The summed E-state index contributed by atoms with van der Waals surface area (Å²) in [5.74, 6) is -0.828. The van der Waals surface area contributed by atoms with Gasteiger partial charge in [-0.05, 0) is 60.4 Å². The van der Waals surface area contributed by atoms with Crippen LogP contribution in [0.15, 0.2) is 53.6 Å². The smallest absolute Gasteiger partial charge is 0.341 e. The van der Waals surface area contributed by atoms with Crippen molar-refractivity contribution in [3.8, 4) is 5.75 Å². The van der Waals surface area contributed by atoms with Crippen LogP contribution < -0.4 is 10.2 Å². The highest BCUT2D eigenvalue weighted by Gasteiger charge is 2.07. The van der Waals surface area contributed by atoms with Crippen LogP contribution in [-0.4, -0.2) is 29.3 Å². The number of carbonyl (C=O) groups is 2. The predicted molar refractivity (Wildman–Crippen MR) is 99.7 cm³/mol. The molecule has 0 aromatic heterocycles. The first-order chi connectivity index (χ1) is 12.5. The summed E-state index contributed by atoms with van der Waals surface area (Å²) in [6, 6.07) is 14.3. The molecule has 6 heteroatoms. The minimum absolute atomic E-state index is 0.264. The van der Waals surface area contributed by atoms with Gasteiger partial charge in [0.25, 0.3) is 5.91 Å². The zero-order valence-corrected chi connectivity index (χ0v) is 14.9. The maximum absolute atomic E-state index is 12.2. The number of carboxylic acid groups (broad SMARTS) is 1. The number of hydrogen-bond donors (Lipinski definition) is 2. The molecule has 0 saturated heterocycles. The minimum Gasteiger partial charge on any atom is -0.482 e. The normalized spacial score (nSPS) is 11.1. The first-order valence-corrected chi connectivity index (χ1v) is 8.44. The predicted octanol–water partition coefficient (Wildman–Crippen LogP) is 3.26. The maximum Gasteiger partial charge on any atom is 0.341 e. The van der Waals surface area contributed by atoms with E-state index in [4.69, 9.17) is 9.84 Å². The average Bonchev–Trinajstić information content (AvgIpc) is 2.67. The molecule has 0 aliphatic carbocycles. The number of ether oxygens (including phenoxy) is 1. The second kappa shape index (κ2) is 9.36. The number of carbonyl (C=O) groups excluding carboxylic acids is 1. The Kier molecular flexibility index (Phi) is 6.91. The fraction of sp³-hybridized carbons (Fsp3) is 0.250. The van der Waals surface area contributed by atoms with Crippen molar-refractivity contribution < 1.29 is 19.4 Å². The molecule has 0 aliphatic rings. The van der Waals surface area contributed by atoms with Gasteiger partial charge in [0.2, 0.25) is 0 Å².